The predicted molar refractivity (Wildman–Crippen MR) is 65.3 cm³/mol. The summed E-state index contributed by atoms with van der Waals surface area (Å²) in [7, 11) is 0. The maximum Gasteiger partial charge on any atom is 0.165 e. The van der Waals surface area contributed by atoms with Crippen LogP contribution in [0.2, 0.25) is 0 Å². The van der Waals surface area contributed by atoms with Crippen LogP contribution in [0.25, 0.3) is 17.0 Å². The van der Waals surface area contributed by atoms with E-state index in [1.807, 2.05) is 0 Å². The van der Waals surface area contributed by atoms with Gasteiger partial charge < -0.3 is 5.73 Å². The number of nitrogens with zero attached hydrogens (tertiary/aromatic N) is 4. The van der Waals surface area contributed by atoms with Gasteiger partial charge in [0.2, 0.25) is 0 Å². The zero-order valence-corrected chi connectivity index (χ0v) is 9.63. The molecule has 0 amide bonds. The minimum atomic E-state index is -0.332. The van der Waals surface area contributed by atoms with Crippen LogP contribution in [-0.4, -0.2) is 19.6 Å². The van der Waals surface area contributed by atoms with Crippen molar-refractivity contribution in [1.29, 1.82) is 0 Å². The first-order valence-corrected chi connectivity index (χ1v) is 5.39. The lowest BCUT2D eigenvalue weighted by molar-refractivity contribution is 0.628. The van der Waals surface area contributed by atoms with Gasteiger partial charge in [0.05, 0.1) is 0 Å². The third kappa shape index (κ3) is 1.67. The first-order valence-electron chi connectivity index (χ1n) is 5.39. The van der Waals surface area contributed by atoms with Crippen LogP contribution in [0.3, 0.4) is 0 Å². The highest BCUT2D eigenvalue weighted by Crippen LogP contribution is 2.20. The van der Waals surface area contributed by atoms with E-state index in [1.54, 1.807) is 29.6 Å². The summed E-state index contributed by atoms with van der Waals surface area (Å²) in [5, 5.41) is 4.23. The minimum absolute atomic E-state index is 0.328. The van der Waals surface area contributed by atoms with Crippen LogP contribution in [0, 0.1) is 12.7 Å². The molecule has 90 valence electrons. The monoisotopic (exact) mass is 243 g/mol. The molecular weight excluding hydrogens is 233 g/mol. The Bertz CT molecular complexity index is 734. The van der Waals surface area contributed by atoms with Gasteiger partial charge in [0.1, 0.15) is 17.5 Å². The summed E-state index contributed by atoms with van der Waals surface area (Å²) in [5.41, 5.74) is 6.93. The van der Waals surface area contributed by atoms with Crippen molar-refractivity contribution < 1.29 is 4.39 Å². The number of nitrogen functional groups attached to an aromatic ring is 1. The summed E-state index contributed by atoms with van der Waals surface area (Å²) in [5.74, 6) is 1.08. The fourth-order valence-corrected chi connectivity index (χ4v) is 1.83. The van der Waals surface area contributed by atoms with E-state index in [0.29, 0.717) is 28.7 Å². The lowest BCUT2D eigenvalue weighted by Crippen LogP contribution is -2.01. The lowest BCUT2D eigenvalue weighted by atomic mass is 10.2. The molecule has 2 N–H and O–H groups in total. The molecule has 6 heteroatoms. The molecule has 1 aromatic carbocycles. The minimum Gasteiger partial charge on any atom is -0.384 e. The van der Waals surface area contributed by atoms with Gasteiger partial charge in [0.25, 0.3) is 0 Å². The summed E-state index contributed by atoms with van der Waals surface area (Å²) in [6.07, 6.45) is 0. The maximum atomic E-state index is 13.3. The third-order valence-corrected chi connectivity index (χ3v) is 2.53. The number of nitrogens with two attached hydrogens (primary N) is 1. The number of halogens is 1. The molecule has 0 fully saturated rings. The molecule has 0 atom stereocenters. The van der Waals surface area contributed by atoms with Crippen molar-refractivity contribution >= 4 is 11.5 Å². The zero-order valence-electron chi connectivity index (χ0n) is 9.63. The van der Waals surface area contributed by atoms with E-state index in [9.17, 15) is 4.39 Å². The van der Waals surface area contributed by atoms with Gasteiger partial charge in [0.15, 0.2) is 11.5 Å². The number of hydrogen-bond donors (Lipinski definition) is 1. The topological polar surface area (TPSA) is 69.1 Å². The molecule has 0 radical (unpaired) electrons. The molecule has 0 bridgehead atoms. The summed E-state index contributed by atoms with van der Waals surface area (Å²) in [6.45, 7) is 1.78. The Kier molecular flexibility index (Phi) is 2.22. The van der Waals surface area contributed by atoms with Crippen LogP contribution in [0.15, 0.2) is 30.3 Å². The number of fused-ring (bicyclic) bond motifs is 1. The fourth-order valence-electron chi connectivity index (χ4n) is 1.83. The first kappa shape index (κ1) is 10.6. The highest BCUT2D eigenvalue weighted by molar-refractivity contribution is 5.62. The molecule has 5 nitrogen and oxygen atoms in total. The predicted octanol–water partition coefficient (Wildman–Crippen LogP) is 1.82. The average molecular weight is 243 g/mol. The molecule has 3 rings (SSSR count). The molecule has 0 aliphatic rings. The van der Waals surface area contributed by atoms with Crippen LogP contribution in [0.5, 0.6) is 0 Å². The van der Waals surface area contributed by atoms with Crippen LogP contribution >= 0.6 is 0 Å². The van der Waals surface area contributed by atoms with E-state index in [0.717, 1.165) is 0 Å². The molecule has 0 saturated heterocycles. The second kappa shape index (κ2) is 3.76. The van der Waals surface area contributed by atoms with Crippen LogP contribution in [0.1, 0.15) is 5.82 Å². The smallest absolute Gasteiger partial charge is 0.165 e. The number of anilines is 1. The molecule has 3 aromatic rings. The molecular formula is C12H10FN5. The largest absolute Gasteiger partial charge is 0.384 e. The van der Waals surface area contributed by atoms with Crippen molar-refractivity contribution in [3.05, 3.63) is 42.0 Å². The van der Waals surface area contributed by atoms with Gasteiger partial charge in [-0.25, -0.2) is 14.4 Å². The van der Waals surface area contributed by atoms with Crippen molar-refractivity contribution in [2.75, 3.05) is 5.73 Å². The number of aryl methyl sites for hydroxylation is 1. The van der Waals surface area contributed by atoms with Gasteiger partial charge in [0, 0.05) is 11.6 Å². The Morgan fingerprint density at radius 1 is 1.22 bits per heavy atom. The van der Waals surface area contributed by atoms with Crippen LogP contribution < -0.4 is 5.73 Å². The Morgan fingerprint density at radius 3 is 2.83 bits per heavy atom. The molecule has 0 aliphatic carbocycles. The third-order valence-electron chi connectivity index (χ3n) is 2.53. The Morgan fingerprint density at radius 2 is 2.06 bits per heavy atom. The second-order valence-electron chi connectivity index (χ2n) is 3.94. The van der Waals surface area contributed by atoms with Crippen molar-refractivity contribution in [2.45, 2.75) is 6.92 Å². The molecule has 0 aliphatic heterocycles. The summed E-state index contributed by atoms with van der Waals surface area (Å²) < 4.78 is 14.8. The van der Waals surface area contributed by atoms with E-state index in [1.165, 1.54) is 12.1 Å². The van der Waals surface area contributed by atoms with E-state index in [4.69, 9.17) is 5.73 Å². The Labute approximate surface area is 102 Å². The van der Waals surface area contributed by atoms with E-state index < -0.39 is 0 Å². The quantitative estimate of drug-likeness (QED) is 0.707. The summed E-state index contributed by atoms with van der Waals surface area (Å²) >= 11 is 0. The molecule has 0 spiro atoms. The van der Waals surface area contributed by atoms with Crippen molar-refractivity contribution in [1.82, 2.24) is 19.6 Å². The lowest BCUT2D eigenvalue weighted by Gasteiger charge is -2.04. The fraction of sp³-hybridized carbons (Fsp3) is 0.0833. The van der Waals surface area contributed by atoms with E-state index >= 15 is 0 Å². The van der Waals surface area contributed by atoms with Gasteiger partial charge in [-0.15, -0.1) is 5.10 Å². The van der Waals surface area contributed by atoms with Gasteiger partial charge in [-0.05, 0) is 19.1 Å². The molecule has 18 heavy (non-hydrogen) atoms. The molecule has 2 heterocycles. The number of hydrogen-bond acceptors (Lipinski definition) is 4. The van der Waals surface area contributed by atoms with Crippen LogP contribution in [-0.2, 0) is 0 Å². The number of aromatic nitrogens is 4. The Balaban J connectivity index is 2.34. The normalized spacial score (nSPS) is 11.0. The molecule has 2 aromatic heterocycles. The number of rotatable bonds is 1. The number of benzene rings is 1. The molecule has 0 unspecified atom stereocenters. The van der Waals surface area contributed by atoms with Gasteiger partial charge >= 0.3 is 0 Å². The summed E-state index contributed by atoms with van der Waals surface area (Å²) in [6, 6.07) is 7.76. The van der Waals surface area contributed by atoms with Crippen molar-refractivity contribution in [3.8, 4) is 11.4 Å². The van der Waals surface area contributed by atoms with E-state index in [2.05, 4.69) is 15.1 Å². The SMILES string of the molecule is Cc1nc2cc(N)nc(-c3cccc(F)c3)n2n1. The Hall–Kier alpha value is -2.50. The highest BCUT2D eigenvalue weighted by atomic mass is 19.1. The first-order chi connectivity index (χ1) is 8.63. The second-order valence-corrected chi connectivity index (χ2v) is 3.94. The maximum absolute atomic E-state index is 13.3. The highest BCUT2D eigenvalue weighted by Gasteiger charge is 2.10. The van der Waals surface area contributed by atoms with Crippen molar-refractivity contribution in [3.63, 3.8) is 0 Å². The molecule has 0 saturated carbocycles. The standard InChI is InChI=1S/C12H10FN5/c1-7-15-11-6-10(14)16-12(18(11)17-7)8-3-2-4-9(13)5-8/h2-6H,14H2,1H3. The van der Waals surface area contributed by atoms with Crippen LogP contribution in [0.4, 0.5) is 10.2 Å². The van der Waals surface area contributed by atoms with Gasteiger partial charge in [-0.1, -0.05) is 12.1 Å². The summed E-state index contributed by atoms with van der Waals surface area (Å²) in [4.78, 5) is 8.42. The van der Waals surface area contributed by atoms with Crippen molar-refractivity contribution in [2.24, 2.45) is 0 Å². The zero-order chi connectivity index (χ0) is 12.7. The van der Waals surface area contributed by atoms with Gasteiger partial charge in [-0.3, -0.25) is 0 Å². The van der Waals surface area contributed by atoms with Gasteiger partial charge in [-0.2, -0.15) is 4.52 Å². The average Bonchev–Trinajstić information content (AvgIpc) is 2.68. The van der Waals surface area contributed by atoms with E-state index in [-0.39, 0.29) is 5.82 Å².